The second kappa shape index (κ2) is 10.4. The van der Waals surface area contributed by atoms with E-state index in [1.807, 2.05) is 0 Å². The molecule has 1 saturated heterocycles. The first-order chi connectivity index (χ1) is 15.3. The fourth-order valence-corrected chi connectivity index (χ4v) is 3.99. The molecule has 2 aromatic rings. The number of benzene rings is 1. The average molecular weight is 448 g/mol. The molecule has 0 radical (unpaired) electrons. The molecule has 172 valence electrons. The van der Waals surface area contributed by atoms with Gasteiger partial charge in [0.15, 0.2) is 0 Å². The van der Waals surface area contributed by atoms with Crippen LogP contribution in [0.25, 0.3) is 0 Å². The summed E-state index contributed by atoms with van der Waals surface area (Å²) < 4.78 is 43.5. The first-order valence-corrected chi connectivity index (χ1v) is 10.3. The largest absolute Gasteiger partial charge is 0.416 e. The molecule has 1 unspecified atom stereocenters. The number of likely N-dealkylation sites (tertiary alicyclic amines) is 1. The molecule has 1 aliphatic heterocycles. The topological polar surface area (TPSA) is 106 Å². The van der Waals surface area contributed by atoms with Crippen LogP contribution in [0.2, 0.25) is 0 Å². The maximum absolute atomic E-state index is 12.9. The van der Waals surface area contributed by atoms with Crippen LogP contribution in [-0.2, 0) is 12.6 Å². The third-order valence-electron chi connectivity index (χ3n) is 5.67. The molecule has 0 amide bonds. The Hall–Kier alpha value is -3.14. The maximum atomic E-state index is 12.9. The van der Waals surface area contributed by atoms with Crippen LogP contribution in [0.4, 0.5) is 13.2 Å². The molecule has 0 spiro atoms. The van der Waals surface area contributed by atoms with E-state index >= 15 is 0 Å². The van der Waals surface area contributed by atoms with Gasteiger partial charge >= 0.3 is 6.18 Å². The van der Waals surface area contributed by atoms with Gasteiger partial charge in [-0.3, -0.25) is 0 Å². The lowest BCUT2D eigenvalue weighted by Crippen LogP contribution is -2.41. The standard InChI is InChI=1S/C22H27F3N6O/c1-15(27)28-14-29-21(10-16-12-30-32-13-16)31-8-6-18(7-9-31)20(11-26)17-2-4-19(5-3-17)22(23,24)25/h2-5,12-14,18,20H,1,6-11,26-27H2. The van der Waals surface area contributed by atoms with Gasteiger partial charge in [-0.25, -0.2) is 9.98 Å². The van der Waals surface area contributed by atoms with E-state index in [9.17, 15) is 13.2 Å². The van der Waals surface area contributed by atoms with Crippen molar-refractivity contribution in [2.45, 2.75) is 31.4 Å². The van der Waals surface area contributed by atoms with Gasteiger partial charge in [0.2, 0.25) is 0 Å². The van der Waals surface area contributed by atoms with Gasteiger partial charge in [0.1, 0.15) is 24.3 Å². The third kappa shape index (κ3) is 6.19. The number of aromatic nitrogens is 1. The number of alkyl halides is 3. The van der Waals surface area contributed by atoms with Gasteiger partial charge in [-0.2, -0.15) is 13.2 Å². The fourth-order valence-electron chi connectivity index (χ4n) is 3.99. The van der Waals surface area contributed by atoms with E-state index in [1.165, 1.54) is 6.34 Å². The third-order valence-corrected chi connectivity index (χ3v) is 5.67. The van der Waals surface area contributed by atoms with Crippen molar-refractivity contribution in [2.24, 2.45) is 27.4 Å². The molecule has 2 heterocycles. The molecule has 1 aromatic carbocycles. The number of aliphatic imine (C=N–C) groups is 2. The summed E-state index contributed by atoms with van der Waals surface area (Å²) in [5, 5.41) is 3.73. The van der Waals surface area contributed by atoms with Crippen molar-refractivity contribution in [2.75, 3.05) is 19.6 Å². The van der Waals surface area contributed by atoms with Gasteiger partial charge in [0, 0.05) is 25.1 Å². The molecule has 1 aliphatic rings. The minimum Gasteiger partial charge on any atom is -0.384 e. The predicted molar refractivity (Wildman–Crippen MR) is 117 cm³/mol. The molecule has 1 atom stereocenters. The summed E-state index contributed by atoms with van der Waals surface area (Å²) in [6.45, 7) is 5.38. The van der Waals surface area contributed by atoms with Crippen LogP contribution in [-0.4, -0.2) is 41.9 Å². The highest BCUT2D eigenvalue weighted by molar-refractivity contribution is 5.90. The predicted octanol–water partition coefficient (Wildman–Crippen LogP) is 3.55. The second-order valence-electron chi connectivity index (χ2n) is 7.78. The molecule has 7 nitrogen and oxygen atoms in total. The molecule has 1 aromatic heterocycles. The van der Waals surface area contributed by atoms with E-state index in [1.54, 1.807) is 24.6 Å². The Balaban J connectivity index is 1.68. The van der Waals surface area contributed by atoms with E-state index in [4.69, 9.17) is 16.0 Å². The van der Waals surface area contributed by atoms with E-state index in [0.717, 1.165) is 55.0 Å². The van der Waals surface area contributed by atoms with Crippen LogP contribution in [0.1, 0.15) is 35.4 Å². The van der Waals surface area contributed by atoms with E-state index in [2.05, 4.69) is 26.6 Å². The molecular weight excluding hydrogens is 421 g/mol. The summed E-state index contributed by atoms with van der Waals surface area (Å²) in [6, 6.07) is 5.34. The van der Waals surface area contributed by atoms with Crippen molar-refractivity contribution in [1.29, 1.82) is 0 Å². The molecule has 32 heavy (non-hydrogen) atoms. The Morgan fingerprint density at radius 3 is 2.50 bits per heavy atom. The Morgan fingerprint density at radius 1 is 1.28 bits per heavy atom. The summed E-state index contributed by atoms with van der Waals surface area (Å²) >= 11 is 0. The van der Waals surface area contributed by atoms with Crippen molar-refractivity contribution >= 4 is 12.2 Å². The lowest BCUT2D eigenvalue weighted by atomic mass is 9.80. The lowest BCUT2D eigenvalue weighted by molar-refractivity contribution is -0.137. The monoisotopic (exact) mass is 448 g/mol. The number of hydrogen-bond acceptors (Lipinski definition) is 5. The smallest absolute Gasteiger partial charge is 0.384 e. The Labute approximate surface area is 184 Å². The maximum Gasteiger partial charge on any atom is 0.416 e. The van der Waals surface area contributed by atoms with Gasteiger partial charge in [-0.1, -0.05) is 23.9 Å². The van der Waals surface area contributed by atoms with E-state index in [-0.39, 0.29) is 17.7 Å². The summed E-state index contributed by atoms with van der Waals surface area (Å²) in [5.41, 5.74) is 12.6. The van der Waals surface area contributed by atoms with Gasteiger partial charge in [-0.05, 0) is 48.9 Å². The highest BCUT2D eigenvalue weighted by Crippen LogP contribution is 2.35. The summed E-state index contributed by atoms with van der Waals surface area (Å²) in [6.07, 6.45) is 2.44. The normalized spacial score (nSPS) is 17.1. The van der Waals surface area contributed by atoms with Crippen LogP contribution in [0.15, 0.2) is 63.6 Å². The number of halogens is 3. The zero-order chi connectivity index (χ0) is 23.1. The van der Waals surface area contributed by atoms with Crippen molar-refractivity contribution in [3.8, 4) is 0 Å². The van der Waals surface area contributed by atoms with Crippen LogP contribution in [0, 0.1) is 5.92 Å². The molecule has 3 rings (SSSR count). The first-order valence-electron chi connectivity index (χ1n) is 10.3. The Morgan fingerprint density at radius 2 is 1.97 bits per heavy atom. The second-order valence-corrected chi connectivity index (χ2v) is 7.78. The fraction of sp³-hybridized carbons (Fsp3) is 0.409. The number of amidine groups is 1. The highest BCUT2D eigenvalue weighted by Gasteiger charge is 2.32. The number of piperidine rings is 1. The molecule has 1 fully saturated rings. The van der Waals surface area contributed by atoms with Crippen LogP contribution in [0.5, 0.6) is 0 Å². The van der Waals surface area contributed by atoms with Gasteiger partial charge in [0.25, 0.3) is 0 Å². The van der Waals surface area contributed by atoms with Crippen molar-refractivity contribution in [3.05, 3.63) is 65.8 Å². The van der Waals surface area contributed by atoms with Crippen LogP contribution < -0.4 is 11.5 Å². The van der Waals surface area contributed by atoms with Gasteiger partial charge in [0.05, 0.1) is 11.8 Å². The quantitative estimate of drug-likeness (QED) is 0.498. The molecule has 0 bridgehead atoms. The molecule has 0 aliphatic carbocycles. The molecule has 4 N–H and O–H groups in total. The minimum absolute atomic E-state index is 0.0000211. The molecular formula is C22H27F3N6O. The Kier molecular flexibility index (Phi) is 7.68. The number of hydrogen-bond donors (Lipinski definition) is 2. The Bertz CT molecular complexity index is 930. The average Bonchev–Trinajstić information content (AvgIpc) is 3.27. The molecule has 0 saturated carbocycles. The van der Waals surface area contributed by atoms with E-state index < -0.39 is 11.7 Å². The summed E-state index contributed by atoms with van der Waals surface area (Å²) in [4.78, 5) is 10.5. The zero-order valence-electron chi connectivity index (χ0n) is 17.6. The minimum atomic E-state index is -4.35. The van der Waals surface area contributed by atoms with Crippen molar-refractivity contribution in [3.63, 3.8) is 0 Å². The van der Waals surface area contributed by atoms with Crippen molar-refractivity contribution < 1.29 is 17.7 Å². The van der Waals surface area contributed by atoms with Gasteiger partial charge < -0.3 is 20.9 Å². The summed E-state index contributed by atoms with van der Waals surface area (Å²) in [5.74, 6) is 1.23. The van der Waals surface area contributed by atoms with Gasteiger partial charge in [-0.15, -0.1) is 0 Å². The number of nitrogens with zero attached hydrogens (tertiary/aromatic N) is 4. The number of nitrogens with two attached hydrogens (primary N) is 2. The van der Waals surface area contributed by atoms with E-state index in [0.29, 0.717) is 13.0 Å². The molecule has 10 heteroatoms. The van der Waals surface area contributed by atoms with Crippen LogP contribution >= 0.6 is 0 Å². The number of rotatable bonds is 7. The van der Waals surface area contributed by atoms with Crippen molar-refractivity contribution in [1.82, 2.24) is 10.1 Å². The van der Waals surface area contributed by atoms with Crippen LogP contribution in [0.3, 0.4) is 0 Å². The SMILES string of the molecule is C=C(N)N=CN=C(Cc1cnoc1)N1CCC(C(CN)c2ccc(C(F)(F)F)cc2)CC1. The summed E-state index contributed by atoms with van der Waals surface area (Å²) in [7, 11) is 0. The zero-order valence-corrected chi connectivity index (χ0v) is 17.6. The lowest BCUT2D eigenvalue weighted by Gasteiger charge is -2.37. The first kappa shape index (κ1) is 23.5. The highest BCUT2D eigenvalue weighted by atomic mass is 19.4.